The highest BCUT2D eigenvalue weighted by Gasteiger charge is 2.34. The van der Waals surface area contributed by atoms with Crippen LogP contribution in [0.4, 0.5) is 0 Å². The van der Waals surface area contributed by atoms with E-state index >= 15 is 0 Å². The normalized spacial score (nSPS) is 18.8. The maximum absolute atomic E-state index is 13.8. The van der Waals surface area contributed by atoms with Crippen LogP contribution in [-0.2, 0) is 30.0 Å². The number of H-pyrrole nitrogens is 1. The van der Waals surface area contributed by atoms with Crippen molar-refractivity contribution >= 4 is 13.7 Å². The van der Waals surface area contributed by atoms with Gasteiger partial charge in [0.15, 0.2) is 6.23 Å². The monoisotopic (exact) mass is 555 g/mol. The number of para-hydroxylation sites is 1. The molecule has 0 radical (unpaired) electrons. The first-order chi connectivity index (χ1) is 18.6. The van der Waals surface area contributed by atoms with Crippen molar-refractivity contribution in [3.63, 3.8) is 0 Å². The Balaban J connectivity index is 1.43. The second-order valence-corrected chi connectivity index (χ2v) is 10.7. The summed E-state index contributed by atoms with van der Waals surface area (Å²) in [5.74, 6) is -0.324. The highest BCUT2D eigenvalue weighted by molar-refractivity contribution is 7.52. The van der Waals surface area contributed by atoms with Crippen LogP contribution in [0.15, 0.2) is 82.5 Å². The lowest BCUT2D eigenvalue weighted by Gasteiger charge is -2.24. The van der Waals surface area contributed by atoms with E-state index in [1.54, 1.807) is 44.2 Å². The van der Waals surface area contributed by atoms with Gasteiger partial charge in [0.05, 0.1) is 6.61 Å². The Labute approximate surface area is 225 Å². The van der Waals surface area contributed by atoms with Gasteiger partial charge in [-0.3, -0.25) is 23.7 Å². The molecule has 0 saturated heterocycles. The van der Waals surface area contributed by atoms with Gasteiger partial charge in [-0.15, -0.1) is 0 Å². The van der Waals surface area contributed by atoms with Crippen molar-refractivity contribution in [2.24, 2.45) is 0 Å². The van der Waals surface area contributed by atoms with Crippen molar-refractivity contribution in [3.05, 3.63) is 110 Å². The summed E-state index contributed by atoms with van der Waals surface area (Å²) in [6.07, 6.45) is 3.18. The van der Waals surface area contributed by atoms with E-state index in [0.29, 0.717) is 16.9 Å². The van der Waals surface area contributed by atoms with Crippen LogP contribution in [0.5, 0.6) is 5.75 Å². The summed E-state index contributed by atoms with van der Waals surface area (Å²) in [4.78, 5) is 38.8. The molecule has 0 saturated carbocycles. The number of aromatic amines is 1. The number of nitrogens with zero attached hydrogens (tertiary/aromatic N) is 1. The molecule has 4 rings (SSSR count). The minimum atomic E-state index is -4.12. The van der Waals surface area contributed by atoms with E-state index in [1.807, 2.05) is 36.4 Å². The fourth-order valence-electron chi connectivity index (χ4n) is 3.71. The zero-order valence-corrected chi connectivity index (χ0v) is 22.6. The first-order valence-electron chi connectivity index (χ1n) is 12.3. The maximum Gasteiger partial charge on any atom is 0.459 e. The lowest BCUT2D eigenvalue weighted by molar-refractivity contribution is -0.146. The number of benzene rings is 2. The molecule has 2 N–H and O–H groups in total. The van der Waals surface area contributed by atoms with Crippen LogP contribution in [0.2, 0.25) is 0 Å². The summed E-state index contributed by atoms with van der Waals surface area (Å²) in [5, 5.41) is 2.66. The van der Waals surface area contributed by atoms with E-state index in [2.05, 4.69) is 10.1 Å². The zero-order chi connectivity index (χ0) is 28.0. The van der Waals surface area contributed by atoms with E-state index in [-0.39, 0.29) is 13.2 Å². The van der Waals surface area contributed by atoms with Gasteiger partial charge in [0.1, 0.15) is 24.5 Å². The quantitative estimate of drug-likeness (QED) is 0.207. The van der Waals surface area contributed by atoms with Gasteiger partial charge in [0.2, 0.25) is 0 Å². The second-order valence-electron chi connectivity index (χ2n) is 9.02. The van der Waals surface area contributed by atoms with Gasteiger partial charge in [0, 0.05) is 11.8 Å². The van der Waals surface area contributed by atoms with Crippen LogP contribution < -0.4 is 20.9 Å². The minimum absolute atomic E-state index is 0.0567. The number of aromatic nitrogens is 2. The Morgan fingerprint density at radius 2 is 1.79 bits per heavy atom. The first kappa shape index (κ1) is 28.3. The van der Waals surface area contributed by atoms with Crippen molar-refractivity contribution in [1.29, 1.82) is 0 Å². The zero-order valence-electron chi connectivity index (χ0n) is 21.7. The molecule has 0 fully saturated rings. The van der Waals surface area contributed by atoms with E-state index in [0.717, 1.165) is 5.56 Å². The number of hydrogen-bond acceptors (Lipinski definition) is 8. The van der Waals surface area contributed by atoms with Crippen molar-refractivity contribution in [2.45, 2.75) is 45.8 Å². The Morgan fingerprint density at radius 3 is 2.54 bits per heavy atom. The number of ether oxygens (including phenoxy) is 2. The SMILES string of the molecule is Cc1ccccc1O[P@@](=O)(N[C@@H](C)C(=O)OCc1ccccc1)OC[C@@H]1C=C[C@H](n2cc(C)c(=O)[nH]c2=O)O1. The third-order valence-electron chi connectivity index (χ3n) is 5.87. The number of carbonyl (C=O) groups excluding carboxylic acids is 1. The summed E-state index contributed by atoms with van der Waals surface area (Å²) < 4.78 is 37.7. The number of nitrogens with one attached hydrogen (secondary N) is 2. The van der Waals surface area contributed by atoms with Crippen LogP contribution in [0.1, 0.15) is 29.8 Å². The molecule has 0 unspecified atom stereocenters. The van der Waals surface area contributed by atoms with Gasteiger partial charge in [-0.05, 0) is 44.0 Å². The molecule has 11 nitrogen and oxygen atoms in total. The molecule has 0 aliphatic carbocycles. The third-order valence-corrected chi connectivity index (χ3v) is 7.50. The Kier molecular flexibility index (Phi) is 8.98. The molecule has 4 atom stereocenters. The molecule has 1 aliphatic rings. The van der Waals surface area contributed by atoms with Crippen LogP contribution in [0.3, 0.4) is 0 Å². The van der Waals surface area contributed by atoms with Gasteiger partial charge in [-0.1, -0.05) is 54.6 Å². The fraction of sp³-hybridized carbons (Fsp3) is 0.296. The van der Waals surface area contributed by atoms with E-state index in [4.69, 9.17) is 18.5 Å². The lowest BCUT2D eigenvalue weighted by Crippen LogP contribution is -2.36. The van der Waals surface area contributed by atoms with Crippen molar-refractivity contribution in [1.82, 2.24) is 14.6 Å². The smallest absolute Gasteiger partial charge is 0.459 e. The van der Waals surface area contributed by atoms with Crippen molar-refractivity contribution in [3.8, 4) is 5.75 Å². The average molecular weight is 556 g/mol. The molecule has 1 aromatic heterocycles. The number of esters is 1. The van der Waals surface area contributed by atoms with Crippen LogP contribution in [0.25, 0.3) is 0 Å². The molecule has 3 aromatic rings. The van der Waals surface area contributed by atoms with E-state index in [9.17, 15) is 18.9 Å². The van der Waals surface area contributed by atoms with Gasteiger partial charge < -0.3 is 14.0 Å². The molecule has 39 heavy (non-hydrogen) atoms. The second kappa shape index (κ2) is 12.4. The number of carbonyl (C=O) groups is 1. The Morgan fingerprint density at radius 1 is 1.08 bits per heavy atom. The van der Waals surface area contributed by atoms with Crippen molar-refractivity contribution < 1.29 is 27.9 Å². The summed E-state index contributed by atoms with van der Waals surface area (Å²) in [6.45, 7) is 4.70. The number of aryl methyl sites for hydroxylation is 2. The Bertz CT molecular complexity index is 1500. The summed E-state index contributed by atoms with van der Waals surface area (Å²) in [6, 6.07) is 15.1. The predicted octanol–water partition coefficient (Wildman–Crippen LogP) is 3.53. The molecular formula is C27H30N3O8P. The van der Waals surface area contributed by atoms with E-state index < -0.39 is 43.3 Å². The highest BCUT2D eigenvalue weighted by Crippen LogP contribution is 2.46. The molecule has 0 amide bonds. The van der Waals surface area contributed by atoms with Crippen LogP contribution >= 0.6 is 7.75 Å². The number of rotatable bonds is 11. The molecule has 0 spiro atoms. The topological polar surface area (TPSA) is 138 Å². The van der Waals surface area contributed by atoms with Crippen molar-refractivity contribution in [2.75, 3.05) is 6.61 Å². The summed E-state index contributed by atoms with van der Waals surface area (Å²) >= 11 is 0. The average Bonchev–Trinajstić information content (AvgIpc) is 3.39. The van der Waals surface area contributed by atoms with Gasteiger partial charge >= 0.3 is 19.4 Å². The molecule has 12 heteroatoms. The predicted molar refractivity (Wildman–Crippen MR) is 143 cm³/mol. The molecule has 0 bridgehead atoms. The van der Waals surface area contributed by atoms with E-state index in [1.165, 1.54) is 17.7 Å². The van der Waals surface area contributed by atoms with Crippen LogP contribution in [-0.4, -0.2) is 34.3 Å². The first-order valence-corrected chi connectivity index (χ1v) is 13.8. The molecule has 1 aliphatic heterocycles. The maximum atomic E-state index is 13.8. The summed E-state index contributed by atoms with van der Waals surface area (Å²) in [5.41, 5.74) is 0.770. The summed E-state index contributed by atoms with van der Waals surface area (Å²) in [7, 11) is -4.12. The molecule has 2 aromatic carbocycles. The highest BCUT2D eigenvalue weighted by atomic mass is 31.2. The third kappa shape index (κ3) is 7.42. The molecule has 2 heterocycles. The van der Waals surface area contributed by atoms with Crippen LogP contribution in [0, 0.1) is 13.8 Å². The fourth-order valence-corrected chi connectivity index (χ4v) is 5.28. The van der Waals surface area contributed by atoms with Gasteiger partial charge in [-0.25, -0.2) is 9.36 Å². The largest absolute Gasteiger partial charge is 0.460 e. The molecule has 206 valence electrons. The number of hydrogen-bond donors (Lipinski definition) is 2. The standard InChI is InChI=1S/C27H30N3O8P/c1-18-9-7-8-12-23(18)38-39(34,29-20(3)26(32)35-16-21-10-5-4-6-11-21)36-17-22-13-14-24(37-22)30-15-19(2)25(31)28-27(30)33/h4-15,20,22,24H,16-17H2,1-3H3,(H,29,34)(H,28,31,33)/t20-,22-,24+,39+/m0/s1. The van der Waals surface area contributed by atoms with Gasteiger partial charge in [0.25, 0.3) is 5.56 Å². The Hall–Kier alpha value is -3.76. The minimum Gasteiger partial charge on any atom is -0.460 e. The lowest BCUT2D eigenvalue weighted by atomic mass is 10.2. The molecular weight excluding hydrogens is 525 g/mol. The van der Waals surface area contributed by atoms with Gasteiger partial charge in [-0.2, -0.15) is 5.09 Å².